The van der Waals surface area contributed by atoms with Gasteiger partial charge in [0, 0.05) is 12.6 Å². The molecule has 0 heterocycles. The Bertz CT molecular complexity index is 287. The van der Waals surface area contributed by atoms with Crippen molar-refractivity contribution in [2.45, 2.75) is 59.4 Å². The Labute approximate surface area is 113 Å². The van der Waals surface area contributed by atoms with Crippen LogP contribution in [-0.2, 0) is 10.0 Å². The van der Waals surface area contributed by atoms with Gasteiger partial charge in [0.2, 0.25) is 10.0 Å². The van der Waals surface area contributed by atoms with E-state index >= 15 is 0 Å². The molecule has 2 N–H and O–H groups in total. The number of hydrogen-bond donors (Lipinski definition) is 2. The van der Waals surface area contributed by atoms with Crippen molar-refractivity contribution in [2.24, 2.45) is 5.92 Å². The van der Waals surface area contributed by atoms with Crippen LogP contribution in [0.25, 0.3) is 0 Å². The van der Waals surface area contributed by atoms with Gasteiger partial charge in [-0.3, -0.25) is 0 Å². The summed E-state index contributed by atoms with van der Waals surface area (Å²) < 4.78 is 25.9. The van der Waals surface area contributed by atoms with Crippen LogP contribution in [-0.4, -0.2) is 33.3 Å². The molecule has 0 fully saturated rings. The summed E-state index contributed by atoms with van der Waals surface area (Å²) in [6, 6.07) is 0.414. The van der Waals surface area contributed by atoms with Gasteiger partial charge in [0.25, 0.3) is 0 Å². The fraction of sp³-hybridized carbons (Fsp3) is 1.00. The van der Waals surface area contributed by atoms with Gasteiger partial charge in [-0.2, -0.15) is 0 Å². The summed E-state index contributed by atoms with van der Waals surface area (Å²) in [6.07, 6.45) is 3.86. The highest BCUT2D eigenvalue weighted by Crippen LogP contribution is 2.05. The summed E-state index contributed by atoms with van der Waals surface area (Å²) in [5.41, 5.74) is 0. The van der Waals surface area contributed by atoms with Crippen molar-refractivity contribution in [3.63, 3.8) is 0 Å². The highest BCUT2D eigenvalue weighted by atomic mass is 32.2. The van der Waals surface area contributed by atoms with Gasteiger partial charge in [-0.15, -0.1) is 0 Å². The normalized spacial score (nSPS) is 12.6. The maximum Gasteiger partial charge on any atom is 0.211 e. The smallest absolute Gasteiger partial charge is 0.211 e. The molecular formula is C13H30N2O2S. The molecule has 0 spiro atoms. The van der Waals surface area contributed by atoms with E-state index in [1.807, 2.05) is 0 Å². The van der Waals surface area contributed by atoms with Crippen molar-refractivity contribution in [1.29, 1.82) is 0 Å². The van der Waals surface area contributed by atoms with Gasteiger partial charge < -0.3 is 5.32 Å². The van der Waals surface area contributed by atoms with E-state index in [1.165, 1.54) is 6.42 Å². The quantitative estimate of drug-likeness (QED) is 0.569. The largest absolute Gasteiger partial charge is 0.314 e. The zero-order valence-electron chi connectivity index (χ0n) is 12.3. The first-order valence-corrected chi connectivity index (χ1v) is 8.69. The lowest BCUT2D eigenvalue weighted by atomic mass is 10.1. The average Bonchev–Trinajstić information content (AvgIpc) is 2.23. The maximum absolute atomic E-state index is 11.6. The number of unbranched alkanes of at least 4 members (excludes halogenated alkanes) is 1. The predicted octanol–water partition coefficient (Wildman–Crippen LogP) is 2.12. The average molecular weight is 278 g/mol. The van der Waals surface area contributed by atoms with Crippen LogP contribution in [0.1, 0.15) is 53.4 Å². The van der Waals surface area contributed by atoms with Crippen molar-refractivity contribution < 1.29 is 8.42 Å². The summed E-state index contributed by atoms with van der Waals surface area (Å²) in [7, 11) is -3.07. The molecule has 0 radical (unpaired) electrons. The van der Waals surface area contributed by atoms with Gasteiger partial charge in [-0.1, -0.05) is 40.5 Å². The predicted molar refractivity (Wildman–Crippen MR) is 78.2 cm³/mol. The first kappa shape index (κ1) is 17.9. The molecule has 0 bridgehead atoms. The molecule has 0 aliphatic rings. The standard InChI is InChI=1S/C13H30N2O2S/c1-12(2)8-5-6-10-15-18(16,17)11-7-9-14-13(3)4/h12-15H,5-11H2,1-4H3. The lowest BCUT2D eigenvalue weighted by Gasteiger charge is -2.09. The molecule has 0 aromatic rings. The van der Waals surface area contributed by atoms with Crippen LogP contribution in [0.3, 0.4) is 0 Å². The summed E-state index contributed by atoms with van der Waals surface area (Å²) in [6.45, 7) is 9.82. The third-order valence-corrected chi connectivity index (χ3v) is 4.14. The molecule has 4 nitrogen and oxygen atoms in total. The van der Waals surface area contributed by atoms with E-state index in [0.29, 0.717) is 24.9 Å². The van der Waals surface area contributed by atoms with E-state index < -0.39 is 10.0 Å². The zero-order chi connectivity index (χ0) is 14.0. The van der Waals surface area contributed by atoms with Crippen molar-refractivity contribution in [3.05, 3.63) is 0 Å². The second-order valence-electron chi connectivity index (χ2n) is 5.57. The first-order valence-electron chi connectivity index (χ1n) is 7.04. The van der Waals surface area contributed by atoms with Crippen molar-refractivity contribution >= 4 is 10.0 Å². The molecule has 0 saturated heterocycles. The molecule has 5 heteroatoms. The monoisotopic (exact) mass is 278 g/mol. The Morgan fingerprint density at radius 3 is 2.17 bits per heavy atom. The summed E-state index contributed by atoms with van der Waals surface area (Å²) in [5, 5.41) is 3.21. The second kappa shape index (κ2) is 9.75. The number of sulfonamides is 1. The minimum Gasteiger partial charge on any atom is -0.314 e. The molecule has 0 rings (SSSR count). The molecule has 110 valence electrons. The van der Waals surface area contributed by atoms with Gasteiger partial charge in [0.05, 0.1) is 5.75 Å². The SMILES string of the molecule is CC(C)CCCCNS(=O)(=O)CCCNC(C)C. The van der Waals surface area contributed by atoms with Crippen LogP contribution < -0.4 is 10.0 Å². The van der Waals surface area contributed by atoms with E-state index in [4.69, 9.17) is 0 Å². The van der Waals surface area contributed by atoms with E-state index in [2.05, 4.69) is 37.7 Å². The Kier molecular flexibility index (Phi) is 9.68. The molecule has 0 aliphatic heterocycles. The van der Waals surface area contributed by atoms with Crippen molar-refractivity contribution in [1.82, 2.24) is 10.0 Å². The Balaban J connectivity index is 3.55. The van der Waals surface area contributed by atoms with Gasteiger partial charge in [-0.25, -0.2) is 13.1 Å². The van der Waals surface area contributed by atoms with Crippen LogP contribution in [0, 0.1) is 5.92 Å². The molecule has 0 aliphatic carbocycles. The van der Waals surface area contributed by atoms with Gasteiger partial charge in [0.15, 0.2) is 0 Å². The van der Waals surface area contributed by atoms with E-state index in [9.17, 15) is 8.42 Å². The first-order chi connectivity index (χ1) is 8.33. The lowest BCUT2D eigenvalue weighted by molar-refractivity contribution is 0.529. The minimum atomic E-state index is -3.07. The fourth-order valence-corrected chi connectivity index (χ4v) is 2.75. The molecule has 0 atom stereocenters. The highest BCUT2D eigenvalue weighted by Gasteiger charge is 2.08. The molecular weight excluding hydrogens is 248 g/mol. The number of rotatable bonds is 11. The molecule has 18 heavy (non-hydrogen) atoms. The van der Waals surface area contributed by atoms with Gasteiger partial charge in [-0.05, 0) is 25.3 Å². The second-order valence-corrected chi connectivity index (χ2v) is 7.49. The van der Waals surface area contributed by atoms with E-state index in [1.54, 1.807) is 0 Å². The van der Waals surface area contributed by atoms with E-state index in [-0.39, 0.29) is 5.75 Å². The third-order valence-electron chi connectivity index (χ3n) is 2.67. The molecule has 0 aromatic heterocycles. The van der Waals surface area contributed by atoms with Crippen molar-refractivity contribution in [2.75, 3.05) is 18.8 Å². The van der Waals surface area contributed by atoms with Crippen LogP contribution in [0.2, 0.25) is 0 Å². The van der Waals surface area contributed by atoms with Crippen LogP contribution in [0.15, 0.2) is 0 Å². The summed E-state index contributed by atoms with van der Waals surface area (Å²) in [4.78, 5) is 0. The topological polar surface area (TPSA) is 58.2 Å². The molecule has 0 unspecified atom stereocenters. The lowest BCUT2D eigenvalue weighted by Crippen LogP contribution is -2.30. The fourth-order valence-electron chi connectivity index (χ4n) is 1.63. The Hall–Kier alpha value is -0.130. The minimum absolute atomic E-state index is 0.219. The molecule has 0 saturated carbocycles. The third kappa shape index (κ3) is 12.3. The number of hydrogen-bond acceptors (Lipinski definition) is 3. The van der Waals surface area contributed by atoms with Gasteiger partial charge in [0.1, 0.15) is 0 Å². The summed E-state index contributed by atoms with van der Waals surface area (Å²) in [5.74, 6) is 0.917. The number of nitrogens with one attached hydrogen (secondary N) is 2. The van der Waals surface area contributed by atoms with Crippen molar-refractivity contribution in [3.8, 4) is 0 Å². The van der Waals surface area contributed by atoms with Crippen LogP contribution in [0.5, 0.6) is 0 Å². The molecule has 0 amide bonds. The Morgan fingerprint density at radius 1 is 0.944 bits per heavy atom. The molecule has 0 aromatic carbocycles. The zero-order valence-corrected chi connectivity index (χ0v) is 13.1. The summed E-state index contributed by atoms with van der Waals surface area (Å²) >= 11 is 0. The van der Waals surface area contributed by atoms with Crippen LogP contribution in [0.4, 0.5) is 0 Å². The van der Waals surface area contributed by atoms with Gasteiger partial charge >= 0.3 is 0 Å². The Morgan fingerprint density at radius 2 is 1.61 bits per heavy atom. The maximum atomic E-state index is 11.6. The van der Waals surface area contributed by atoms with E-state index in [0.717, 1.165) is 19.4 Å². The van der Waals surface area contributed by atoms with Crippen LogP contribution >= 0.6 is 0 Å². The highest BCUT2D eigenvalue weighted by molar-refractivity contribution is 7.89.